The Kier molecular flexibility index (Phi) is 6.61. The first kappa shape index (κ1) is 20.5. The predicted molar refractivity (Wildman–Crippen MR) is 111 cm³/mol. The van der Waals surface area contributed by atoms with Crippen LogP contribution < -0.4 is 15.6 Å². The number of benzene rings is 2. The first-order chi connectivity index (χ1) is 14.0. The number of ether oxygens (including phenoxy) is 2. The lowest BCUT2D eigenvalue weighted by atomic mass is 10.2. The second-order valence-electron chi connectivity index (χ2n) is 6.06. The van der Waals surface area contributed by atoms with Crippen LogP contribution in [0.1, 0.15) is 6.42 Å². The van der Waals surface area contributed by atoms with Gasteiger partial charge in [0.1, 0.15) is 5.75 Å². The van der Waals surface area contributed by atoms with E-state index in [2.05, 4.69) is 26.2 Å². The van der Waals surface area contributed by atoms with E-state index in [0.717, 1.165) is 4.47 Å². The van der Waals surface area contributed by atoms with Gasteiger partial charge >= 0.3 is 5.97 Å². The van der Waals surface area contributed by atoms with E-state index < -0.39 is 18.5 Å². The van der Waals surface area contributed by atoms with E-state index in [1.54, 1.807) is 42.5 Å². The molecule has 0 fully saturated rings. The highest BCUT2D eigenvalue weighted by molar-refractivity contribution is 9.10. The number of para-hydroxylation sites is 2. The fourth-order valence-electron chi connectivity index (χ4n) is 2.65. The Morgan fingerprint density at radius 3 is 2.79 bits per heavy atom. The third-order valence-corrected chi connectivity index (χ3v) is 4.58. The average molecular weight is 460 g/mol. The number of nitrogens with zero attached hydrogens (tertiary/aromatic N) is 2. The number of amides is 1. The van der Waals surface area contributed by atoms with Crippen molar-refractivity contribution in [2.24, 2.45) is 0 Å². The summed E-state index contributed by atoms with van der Waals surface area (Å²) >= 11 is 3.32. The highest BCUT2D eigenvalue weighted by Crippen LogP contribution is 2.22. The standard InChI is InChI=1S/C20H18BrN3O5/c1-28-17-5-3-2-4-16(17)23-18(25)11-29-19(26)8-9-24-12-22-15-7-6-13(21)10-14(15)20(24)27/h2-7,10,12H,8-9,11H2,1H3,(H,23,25). The molecule has 0 aliphatic heterocycles. The van der Waals surface area contributed by atoms with Crippen LogP contribution in [0, 0.1) is 0 Å². The zero-order chi connectivity index (χ0) is 20.8. The van der Waals surface area contributed by atoms with E-state index in [1.165, 1.54) is 18.0 Å². The minimum absolute atomic E-state index is 0.0664. The van der Waals surface area contributed by atoms with Crippen LogP contribution in [-0.4, -0.2) is 35.1 Å². The first-order valence-electron chi connectivity index (χ1n) is 8.71. The molecule has 1 N–H and O–H groups in total. The predicted octanol–water partition coefficient (Wildman–Crippen LogP) is 2.74. The first-order valence-corrected chi connectivity index (χ1v) is 9.50. The summed E-state index contributed by atoms with van der Waals surface area (Å²) in [7, 11) is 1.49. The second-order valence-corrected chi connectivity index (χ2v) is 6.98. The summed E-state index contributed by atoms with van der Waals surface area (Å²) in [5.41, 5.74) is 0.805. The number of halogens is 1. The van der Waals surface area contributed by atoms with E-state index in [0.29, 0.717) is 22.3 Å². The summed E-state index contributed by atoms with van der Waals surface area (Å²) in [6.45, 7) is -0.337. The van der Waals surface area contributed by atoms with Crippen molar-refractivity contribution in [1.82, 2.24) is 9.55 Å². The molecule has 0 radical (unpaired) electrons. The maximum absolute atomic E-state index is 12.5. The summed E-state index contributed by atoms with van der Waals surface area (Å²) in [4.78, 5) is 40.6. The lowest BCUT2D eigenvalue weighted by Crippen LogP contribution is -2.24. The van der Waals surface area contributed by atoms with Crippen LogP contribution in [0.25, 0.3) is 10.9 Å². The van der Waals surface area contributed by atoms with Crippen molar-refractivity contribution >= 4 is 44.4 Å². The van der Waals surface area contributed by atoms with Gasteiger partial charge in [0.2, 0.25) is 0 Å². The van der Waals surface area contributed by atoms with Crippen LogP contribution in [0.2, 0.25) is 0 Å². The number of methoxy groups -OCH3 is 1. The van der Waals surface area contributed by atoms with Crippen molar-refractivity contribution in [3.05, 3.63) is 63.6 Å². The molecule has 0 aliphatic carbocycles. The van der Waals surface area contributed by atoms with E-state index in [-0.39, 0.29) is 18.5 Å². The Hall–Kier alpha value is -3.20. The largest absolute Gasteiger partial charge is 0.495 e. The van der Waals surface area contributed by atoms with Crippen molar-refractivity contribution in [2.75, 3.05) is 19.0 Å². The number of aryl methyl sites for hydroxylation is 1. The number of carbonyl (C=O) groups is 2. The zero-order valence-corrected chi connectivity index (χ0v) is 17.1. The molecule has 0 bridgehead atoms. The number of aromatic nitrogens is 2. The minimum Gasteiger partial charge on any atom is -0.495 e. The van der Waals surface area contributed by atoms with Crippen LogP contribution >= 0.6 is 15.9 Å². The number of nitrogens with one attached hydrogen (secondary N) is 1. The molecular weight excluding hydrogens is 442 g/mol. The van der Waals surface area contributed by atoms with Crippen molar-refractivity contribution < 1.29 is 19.1 Å². The van der Waals surface area contributed by atoms with Crippen LogP contribution in [0.4, 0.5) is 5.69 Å². The SMILES string of the molecule is COc1ccccc1NC(=O)COC(=O)CCn1cnc2ccc(Br)cc2c1=O. The molecule has 0 spiro atoms. The molecule has 2 aromatic carbocycles. The second kappa shape index (κ2) is 9.33. The third-order valence-electron chi connectivity index (χ3n) is 4.09. The lowest BCUT2D eigenvalue weighted by Gasteiger charge is -2.10. The van der Waals surface area contributed by atoms with E-state index in [9.17, 15) is 14.4 Å². The highest BCUT2D eigenvalue weighted by Gasteiger charge is 2.11. The smallest absolute Gasteiger partial charge is 0.308 e. The number of carbonyl (C=O) groups excluding carboxylic acids is 2. The van der Waals surface area contributed by atoms with Gasteiger partial charge in [-0.2, -0.15) is 0 Å². The Morgan fingerprint density at radius 2 is 2.00 bits per heavy atom. The topological polar surface area (TPSA) is 99.5 Å². The zero-order valence-electron chi connectivity index (χ0n) is 15.6. The van der Waals surface area contributed by atoms with Crippen LogP contribution in [0.3, 0.4) is 0 Å². The molecule has 3 rings (SSSR count). The van der Waals surface area contributed by atoms with Crippen LogP contribution in [0.5, 0.6) is 5.75 Å². The number of anilines is 1. The number of hydrogen-bond donors (Lipinski definition) is 1. The molecule has 3 aromatic rings. The molecule has 1 aromatic heterocycles. The minimum atomic E-state index is -0.596. The highest BCUT2D eigenvalue weighted by atomic mass is 79.9. The van der Waals surface area contributed by atoms with E-state index in [4.69, 9.17) is 9.47 Å². The number of fused-ring (bicyclic) bond motifs is 1. The molecule has 0 saturated carbocycles. The average Bonchev–Trinajstić information content (AvgIpc) is 2.72. The summed E-state index contributed by atoms with van der Waals surface area (Å²) < 4.78 is 12.2. The van der Waals surface area contributed by atoms with Gasteiger partial charge in [0.25, 0.3) is 11.5 Å². The Labute approximate surface area is 174 Å². The third kappa shape index (κ3) is 5.20. The van der Waals surface area contributed by atoms with Crippen LogP contribution in [-0.2, 0) is 20.9 Å². The van der Waals surface area contributed by atoms with Gasteiger partial charge in [0, 0.05) is 11.0 Å². The monoisotopic (exact) mass is 459 g/mol. The van der Waals surface area contributed by atoms with Crippen LogP contribution in [0.15, 0.2) is 58.1 Å². The van der Waals surface area contributed by atoms with Gasteiger partial charge in [0.05, 0.1) is 36.4 Å². The fraction of sp³-hybridized carbons (Fsp3) is 0.200. The van der Waals surface area contributed by atoms with Gasteiger partial charge in [-0.3, -0.25) is 19.0 Å². The fourth-order valence-corrected chi connectivity index (χ4v) is 3.02. The van der Waals surface area contributed by atoms with Crippen molar-refractivity contribution in [3.8, 4) is 5.75 Å². The molecule has 1 amide bonds. The molecule has 1 heterocycles. The molecule has 150 valence electrons. The van der Waals surface area contributed by atoms with Crippen molar-refractivity contribution in [1.29, 1.82) is 0 Å². The van der Waals surface area contributed by atoms with E-state index in [1.807, 2.05) is 0 Å². The Bertz CT molecular complexity index is 1110. The summed E-state index contributed by atoms with van der Waals surface area (Å²) in [5.74, 6) is -0.583. The molecule has 29 heavy (non-hydrogen) atoms. The normalized spacial score (nSPS) is 10.6. The maximum atomic E-state index is 12.5. The lowest BCUT2D eigenvalue weighted by molar-refractivity contribution is -0.147. The maximum Gasteiger partial charge on any atom is 0.308 e. The van der Waals surface area contributed by atoms with Gasteiger partial charge in [-0.1, -0.05) is 28.1 Å². The number of esters is 1. The van der Waals surface area contributed by atoms with Crippen molar-refractivity contribution in [2.45, 2.75) is 13.0 Å². The number of hydrogen-bond acceptors (Lipinski definition) is 6. The quantitative estimate of drug-likeness (QED) is 0.545. The molecular formula is C20H18BrN3O5. The number of rotatable bonds is 7. The van der Waals surface area contributed by atoms with Gasteiger partial charge in [-0.15, -0.1) is 0 Å². The molecule has 9 heteroatoms. The summed E-state index contributed by atoms with van der Waals surface area (Å²) in [6, 6.07) is 12.1. The molecule has 0 aliphatic rings. The van der Waals surface area contributed by atoms with Crippen molar-refractivity contribution in [3.63, 3.8) is 0 Å². The summed E-state index contributed by atoms with van der Waals surface area (Å²) in [6.07, 6.45) is 1.32. The molecule has 8 nitrogen and oxygen atoms in total. The molecule has 0 atom stereocenters. The van der Waals surface area contributed by atoms with E-state index >= 15 is 0 Å². The van der Waals surface area contributed by atoms with Gasteiger partial charge in [-0.05, 0) is 30.3 Å². The molecule has 0 unspecified atom stereocenters. The Morgan fingerprint density at radius 1 is 1.21 bits per heavy atom. The molecule has 0 saturated heterocycles. The van der Waals surface area contributed by atoms with Gasteiger partial charge in [0.15, 0.2) is 6.61 Å². The Balaban J connectivity index is 1.54. The summed E-state index contributed by atoms with van der Waals surface area (Å²) in [5, 5.41) is 3.06. The van der Waals surface area contributed by atoms with Gasteiger partial charge in [-0.25, -0.2) is 4.98 Å². The van der Waals surface area contributed by atoms with Gasteiger partial charge < -0.3 is 14.8 Å².